The smallest absolute Gasteiger partial charge is 0.265 e. The zero-order chi connectivity index (χ0) is 17.0. The Hall–Kier alpha value is -2.04. The molecule has 0 fully saturated rings. The molecule has 0 heterocycles. The molecule has 2 aromatic rings. The minimum Gasteiger partial charge on any atom is -0.479 e. The lowest BCUT2D eigenvalue weighted by Gasteiger charge is -2.16. The lowest BCUT2D eigenvalue weighted by Crippen LogP contribution is -2.30. The summed E-state index contributed by atoms with van der Waals surface area (Å²) in [4.78, 5) is 23.4. The Bertz CT molecular complexity index is 729. The first-order chi connectivity index (χ1) is 10.9. The molecule has 0 aliphatic rings. The van der Waals surface area contributed by atoms with E-state index >= 15 is 0 Å². The van der Waals surface area contributed by atoms with Crippen LogP contribution in [0.25, 0.3) is 0 Å². The second-order valence-electron chi connectivity index (χ2n) is 4.96. The highest BCUT2D eigenvalue weighted by atomic mass is 35.5. The second kappa shape index (κ2) is 7.49. The molecular formula is C17H15Cl2NO3. The average molecular weight is 352 g/mol. The first kappa shape index (κ1) is 17.3. The second-order valence-corrected chi connectivity index (χ2v) is 5.80. The normalized spacial score (nSPS) is 11.7. The van der Waals surface area contributed by atoms with Crippen molar-refractivity contribution in [1.82, 2.24) is 0 Å². The zero-order valence-electron chi connectivity index (χ0n) is 12.6. The van der Waals surface area contributed by atoms with Crippen molar-refractivity contribution in [2.45, 2.75) is 20.0 Å². The molecule has 1 amide bonds. The van der Waals surface area contributed by atoms with Crippen LogP contribution >= 0.6 is 23.2 Å². The van der Waals surface area contributed by atoms with Gasteiger partial charge in [0.05, 0.1) is 5.02 Å². The summed E-state index contributed by atoms with van der Waals surface area (Å²) in [6.45, 7) is 3.10. The Labute approximate surface area is 144 Å². The lowest BCUT2D eigenvalue weighted by atomic mass is 10.1. The molecule has 6 heteroatoms. The zero-order valence-corrected chi connectivity index (χ0v) is 14.1. The van der Waals surface area contributed by atoms with Gasteiger partial charge in [0.1, 0.15) is 5.75 Å². The van der Waals surface area contributed by atoms with Crippen LogP contribution in [0.3, 0.4) is 0 Å². The highest BCUT2D eigenvalue weighted by molar-refractivity contribution is 6.35. The molecule has 120 valence electrons. The van der Waals surface area contributed by atoms with Gasteiger partial charge in [-0.2, -0.15) is 0 Å². The third-order valence-corrected chi connectivity index (χ3v) is 3.66. The van der Waals surface area contributed by atoms with Crippen molar-refractivity contribution in [3.05, 3.63) is 58.1 Å². The summed E-state index contributed by atoms with van der Waals surface area (Å²) in [5.74, 6) is 0.0224. The third-order valence-electron chi connectivity index (χ3n) is 3.13. The molecule has 23 heavy (non-hydrogen) atoms. The van der Waals surface area contributed by atoms with Crippen LogP contribution in [0.2, 0.25) is 10.0 Å². The van der Waals surface area contributed by atoms with Crippen molar-refractivity contribution < 1.29 is 14.3 Å². The van der Waals surface area contributed by atoms with Gasteiger partial charge in [0.25, 0.3) is 5.91 Å². The molecule has 0 aliphatic carbocycles. The number of nitrogens with one attached hydrogen (secondary N) is 1. The van der Waals surface area contributed by atoms with Gasteiger partial charge in [-0.15, -0.1) is 0 Å². The fourth-order valence-electron chi connectivity index (χ4n) is 1.85. The number of amides is 1. The van der Waals surface area contributed by atoms with Crippen LogP contribution in [0.4, 0.5) is 5.69 Å². The van der Waals surface area contributed by atoms with Crippen molar-refractivity contribution in [2.75, 3.05) is 5.32 Å². The van der Waals surface area contributed by atoms with Crippen molar-refractivity contribution in [2.24, 2.45) is 0 Å². The van der Waals surface area contributed by atoms with Gasteiger partial charge in [-0.3, -0.25) is 9.59 Å². The van der Waals surface area contributed by atoms with E-state index in [-0.39, 0.29) is 11.7 Å². The molecule has 0 aliphatic heterocycles. The predicted molar refractivity (Wildman–Crippen MR) is 91.6 cm³/mol. The predicted octanol–water partition coefficient (Wildman–Crippen LogP) is 4.60. The van der Waals surface area contributed by atoms with E-state index in [9.17, 15) is 9.59 Å². The van der Waals surface area contributed by atoms with Crippen LogP contribution in [0, 0.1) is 0 Å². The molecule has 0 aromatic heterocycles. The average Bonchev–Trinajstić information content (AvgIpc) is 2.50. The minimum absolute atomic E-state index is 0.0306. The number of hydrogen-bond donors (Lipinski definition) is 1. The van der Waals surface area contributed by atoms with Gasteiger partial charge in [0.15, 0.2) is 11.9 Å². The molecule has 0 bridgehead atoms. The van der Waals surface area contributed by atoms with E-state index in [1.807, 2.05) is 0 Å². The van der Waals surface area contributed by atoms with E-state index in [0.717, 1.165) is 0 Å². The van der Waals surface area contributed by atoms with Gasteiger partial charge in [-0.25, -0.2) is 0 Å². The van der Waals surface area contributed by atoms with Crippen LogP contribution in [-0.2, 0) is 4.79 Å². The fourth-order valence-corrected chi connectivity index (χ4v) is 2.30. The van der Waals surface area contributed by atoms with Gasteiger partial charge in [-0.05, 0) is 56.3 Å². The van der Waals surface area contributed by atoms with E-state index in [0.29, 0.717) is 27.0 Å². The van der Waals surface area contributed by atoms with Crippen molar-refractivity contribution in [1.29, 1.82) is 0 Å². The van der Waals surface area contributed by atoms with Crippen LogP contribution in [-0.4, -0.2) is 17.8 Å². The maximum absolute atomic E-state index is 12.1. The van der Waals surface area contributed by atoms with E-state index in [1.165, 1.54) is 6.92 Å². The molecule has 1 unspecified atom stereocenters. The largest absolute Gasteiger partial charge is 0.479 e. The Kier molecular flexibility index (Phi) is 5.64. The highest BCUT2D eigenvalue weighted by Crippen LogP contribution is 2.28. The summed E-state index contributed by atoms with van der Waals surface area (Å²) >= 11 is 11.8. The monoisotopic (exact) mass is 351 g/mol. The van der Waals surface area contributed by atoms with Gasteiger partial charge in [-0.1, -0.05) is 23.2 Å². The van der Waals surface area contributed by atoms with Crippen LogP contribution in [0.15, 0.2) is 42.5 Å². The Morgan fingerprint density at radius 1 is 1.09 bits per heavy atom. The SMILES string of the molecule is CC(=O)c1ccc(NC(=O)C(C)Oc2ccc(Cl)cc2Cl)cc1. The van der Waals surface area contributed by atoms with Crippen molar-refractivity contribution in [3.63, 3.8) is 0 Å². The molecule has 0 spiro atoms. The number of halogens is 2. The van der Waals surface area contributed by atoms with Crippen LogP contribution in [0.1, 0.15) is 24.2 Å². The number of benzene rings is 2. The van der Waals surface area contributed by atoms with E-state index in [1.54, 1.807) is 49.4 Å². The number of ketones is 1. The minimum atomic E-state index is -0.749. The Balaban J connectivity index is 2.00. The summed E-state index contributed by atoms with van der Waals surface area (Å²) in [5.41, 5.74) is 1.16. The van der Waals surface area contributed by atoms with E-state index in [2.05, 4.69) is 5.32 Å². The molecule has 0 saturated carbocycles. The van der Waals surface area contributed by atoms with Gasteiger partial charge in [0.2, 0.25) is 0 Å². The first-order valence-electron chi connectivity index (χ1n) is 6.90. The number of hydrogen-bond acceptors (Lipinski definition) is 3. The third kappa shape index (κ3) is 4.71. The molecular weight excluding hydrogens is 337 g/mol. The molecule has 1 N–H and O–H groups in total. The molecule has 2 aromatic carbocycles. The standard InChI is InChI=1S/C17H15Cl2NO3/c1-10(21)12-3-6-14(7-4-12)20-17(22)11(2)23-16-8-5-13(18)9-15(16)19/h3-9,11H,1-2H3,(H,20,22). The number of carbonyl (C=O) groups is 2. The van der Waals surface area contributed by atoms with Crippen molar-refractivity contribution in [3.8, 4) is 5.75 Å². The number of carbonyl (C=O) groups excluding carboxylic acids is 2. The number of rotatable bonds is 5. The molecule has 0 radical (unpaired) electrons. The van der Waals surface area contributed by atoms with E-state index < -0.39 is 6.10 Å². The molecule has 4 nitrogen and oxygen atoms in total. The van der Waals surface area contributed by atoms with Gasteiger partial charge in [0, 0.05) is 16.3 Å². The molecule has 0 saturated heterocycles. The number of Topliss-reactive ketones (excluding diaryl/α,β-unsaturated/α-hetero) is 1. The summed E-state index contributed by atoms with van der Waals surface area (Å²) in [6, 6.07) is 11.4. The van der Waals surface area contributed by atoms with Crippen molar-refractivity contribution >= 4 is 40.6 Å². The van der Waals surface area contributed by atoms with Gasteiger partial charge >= 0.3 is 0 Å². The maximum Gasteiger partial charge on any atom is 0.265 e. The highest BCUT2D eigenvalue weighted by Gasteiger charge is 2.16. The first-order valence-corrected chi connectivity index (χ1v) is 7.66. The summed E-state index contributed by atoms with van der Waals surface area (Å²) in [5, 5.41) is 3.54. The summed E-state index contributed by atoms with van der Waals surface area (Å²) in [6.07, 6.45) is -0.749. The summed E-state index contributed by atoms with van der Waals surface area (Å²) in [7, 11) is 0. The summed E-state index contributed by atoms with van der Waals surface area (Å²) < 4.78 is 5.54. The number of anilines is 1. The maximum atomic E-state index is 12.1. The van der Waals surface area contributed by atoms with E-state index in [4.69, 9.17) is 27.9 Å². The fraction of sp³-hybridized carbons (Fsp3) is 0.176. The topological polar surface area (TPSA) is 55.4 Å². The molecule has 2 rings (SSSR count). The quantitative estimate of drug-likeness (QED) is 0.800. The number of ether oxygens (including phenoxy) is 1. The Morgan fingerprint density at radius 2 is 1.74 bits per heavy atom. The van der Waals surface area contributed by atoms with Crippen LogP contribution < -0.4 is 10.1 Å². The lowest BCUT2D eigenvalue weighted by molar-refractivity contribution is -0.122. The molecule has 1 atom stereocenters. The Morgan fingerprint density at radius 3 is 2.30 bits per heavy atom. The van der Waals surface area contributed by atoms with Crippen LogP contribution in [0.5, 0.6) is 5.75 Å². The van der Waals surface area contributed by atoms with Gasteiger partial charge < -0.3 is 10.1 Å².